The van der Waals surface area contributed by atoms with Gasteiger partial charge < -0.3 is 15.1 Å². The van der Waals surface area contributed by atoms with Gasteiger partial charge >= 0.3 is 6.03 Å². The summed E-state index contributed by atoms with van der Waals surface area (Å²) in [5, 5.41) is 3.15. The quantitative estimate of drug-likeness (QED) is 0.888. The van der Waals surface area contributed by atoms with Crippen molar-refractivity contribution < 1.29 is 4.79 Å². The molecule has 0 bridgehead atoms. The van der Waals surface area contributed by atoms with Gasteiger partial charge in [0.1, 0.15) is 0 Å². The van der Waals surface area contributed by atoms with E-state index in [1.807, 2.05) is 11.0 Å². The lowest BCUT2D eigenvalue weighted by Gasteiger charge is -2.36. The minimum absolute atomic E-state index is 0.0643. The third-order valence-electron chi connectivity index (χ3n) is 5.01. The smallest absolute Gasteiger partial charge is 0.317 e. The number of hydrogen-bond donors (Lipinski definition) is 1. The number of urea groups is 1. The minimum atomic E-state index is 0.0643. The monoisotopic (exact) mass is 351 g/mol. The van der Waals surface area contributed by atoms with Crippen LogP contribution in [0.3, 0.4) is 0 Å². The molecule has 2 amide bonds. The Hall–Kier alpha value is -2.49. The second-order valence-corrected chi connectivity index (χ2v) is 7.19. The van der Waals surface area contributed by atoms with Crippen LogP contribution in [0, 0.1) is 6.92 Å². The van der Waals surface area contributed by atoms with Gasteiger partial charge in [-0.05, 0) is 49.9 Å². The molecule has 1 saturated heterocycles. The first-order valence-corrected chi connectivity index (χ1v) is 9.53. The van der Waals surface area contributed by atoms with Gasteiger partial charge in [-0.1, -0.05) is 42.5 Å². The summed E-state index contributed by atoms with van der Waals surface area (Å²) in [4.78, 5) is 16.8. The zero-order valence-corrected chi connectivity index (χ0v) is 15.8. The largest absolute Gasteiger partial charge is 0.368 e. The number of nitrogens with one attached hydrogen (secondary N) is 1. The minimum Gasteiger partial charge on any atom is -0.368 e. The van der Waals surface area contributed by atoms with Gasteiger partial charge in [0.15, 0.2) is 0 Å². The van der Waals surface area contributed by atoms with E-state index in [9.17, 15) is 4.79 Å². The summed E-state index contributed by atoms with van der Waals surface area (Å²) in [5.41, 5.74) is 3.84. The molecule has 1 unspecified atom stereocenters. The van der Waals surface area contributed by atoms with Gasteiger partial charge in [0.2, 0.25) is 0 Å². The van der Waals surface area contributed by atoms with E-state index in [4.69, 9.17) is 0 Å². The van der Waals surface area contributed by atoms with Crippen molar-refractivity contribution in [3.63, 3.8) is 0 Å². The molecule has 26 heavy (non-hydrogen) atoms. The first kappa shape index (κ1) is 18.3. The molecule has 3 rings (SSSR count). The highest BCUT2D eigenvalue weighted by atomic mass is 16.2. The van der Waals surface area contributed by atoms with Gasteiger partial charge in [0.25, 0.3) is 0 Å². The van der Waals surface area contributed by atoms with E-state index >= 15 is 0 Å². The summed E-state index contributed by atoms with van der Waals surface area (Å²) >= 11 is 0. The zero-order valence-electron chi connectivity index (χ0n) is 15.8. The maximum atomic E-state index is 12.5. The summed E-state index contributed by atoms with van der Waals surface area (Å²) in [6.45, 7) is 7.51. The fourth-order valence-electron chi connectivity index (χ4n) is 3.39. The fraction of sp³-hybridized carbons (Fsp3) is 0.409. The Labute approximate surface area is 156 Å². The van der Waals surface area contributed by atoms with Crippen LogP contribution in [-0.2, 0) is 6.42 Å². The number of carbonyl (C=O) groups is 1. The number of aryl methyl sites for hydroxylation is 2. The van der Waals surface area contributed by atoms with Gasteiger partial charge in [-0.2, -0.15) is 0 Å². The maximum absolute atomic E-state index is 12.5. The number of hydrogen-bond acceptors (Lipinski definition) is 2. The Kier molecular flexibility index (Phi) is 6.16. The van der Waals surface area contributed by atoms with Gasteiger partial charge in [-0.3, -0.25) is 0 Å². The van der Waals surface area contributed by atoms with Crippen LogP contribution in [0.5, 0.6) is 0 Å². The van der Waals surface area contributed by atoms with Gasteiger partial charge in [0.05, 0.1) is 0 Å². The van der Waals surface area contributed by atoms with Crippen LogP contribution in [0.25, 0.3) is 0 Å². The molecule has 0 aliphatic carbocycles. The van der Waals surface area contributed by atoms with Crippen molar-refractivity contribution in [2.75, 3.05) is 31.1 Å². The molecular formula is C22H29N3O. The molecule has 1 heterocycles. The predicted molar refractivity (Wildman–Crippen MR) is 108 cm³/mol. The lowest BCUT2D eigenvalue weighted by molar-refractivity contribution is 0.190. The molecule has 4 heteroatoms. The molecule has 0 aromatic heterocycles. The molecular weight excluding hydrogens is 322 g/mol. The van der Waals surface area contributed by atoms with Crippen LogP contribution in [0.1, 0.15) is 24.5 Å². The topological polar surface area (TPSA) is 35.6 Å². The van der Waals surface area contributed by atoms with Crippen LogP contribution in [0.4, 0.5) is 10.5 Å². The average Bonchev–Trinajstić information content (AvgIpc) is 2.67. The second-order valence-electron chi connectivity index (χ2n) is 7.19. The van der Waals surface area contributed by atoms with Crippen LogP contribution < -0.4 is 10.2 Å². The summed E-state index contributed by atoms with van der Waals surface area (Å²) in [6.07, 6.45) is 1.95. The number of amides is 2. The van der Waals surface area contributed by atoms with Crippen molar-refractivity contribution in [1.29, 1.82) is 0 Å². The van der Waals surface area contributed by atoms with Gasteiger partial charge in [-0.25, -0.2) is 4.79 Å². The first-order chi connectivity index (χ1) is 12.6. The van der Waals surface area contributed by atoms with Crippen molar-refractivity contribution >= 4 is 11.7 Å². The highest BCUT2D eigenvalue weighted by molar-refractivity contribution is 5.74. The Morgan fingerprint density at radius 3 is 2.46 bits per heavy atom. The molecule has 1 aliphatic rings. The summed E-state index contributed by atoms with van der Waals surface area (Å²) in [5.74, 6) is 0. The summed E-state index contributed by atoms with van der Waals surface area (Å²) in [7, 11) is 0. The first-order valence-electron chi connectivity index (χ1n) is 9.53. The standard InChI is InChI=1S/C22H29N3O/c1-18-7-6-10-21(17-18)24-13-15-25(16-14-24)22(26)23-19(2)11-12-20-8-4-3-5-9-20/h3-10,17,19H,11-16H2,1-2H3,(H,23,26). The van der Waals surface area contributed by atoms with E-state index in [1.54, 1.807) is 0 Å². The van der Waals surface area contributed by atoms with E-state index in [-0.39, 0.29) is 12.1 Å². The number of carbonyl (C=O) groups excluding carboxylic acids is 1. The Morgan fingerprint density at radius 1 is 1.04 bits per heavy atom. The van der Waals surface area contributed by atoms with Crippen molar-refractivity contribution in [1.82, 2.24) is 10.2 Å². The predicted octanol–water partition coefficient (Wildman–Crippen LogP) is 3.85. The van der Waals surface area contributed by atoms with Crippen molar-refractivity contribution in [2.45, 2.75) is 32.7 Å². The number of nitrogens with zero attached hydrogens (tertiary/aromatic N) is 2. The molecule has 2 aromatic carbocycles. The molecule has 1 aliphatic heterocycles. The summed E-state index contributed by atoms with van der Waals surface area (Å²) in [6, 6.07) is 19.2. The number of rotatable bonds is 5. The Balaban J connectivity index is 1.43. The third kappa shape index (κ3) is 5.01. The van der Waals surface area contributed by atoms with Crippen molar-refractivity contribution in [2.24, 2.45) is 0 Å². The van der Waals surface area contributed by atoms with E-state index in [0.717, 1.165) is 39.0 Å². The van der Waals surface area contributed by atoms with Crippen LogP contribution in [0.2, 0.25) is 0 Å². The second kappa shape index (κ2) is 8.75. The fourth-order valence-corrected chi connectivity index (χ4v) is 3.39. The van der Waals surface area contributed by atoms with E-state index < -0.39 is 0 Å². The van der Waals surface area contributed by atoms with E-state index in [0.29, 0.717) is 0 Å². The van der Waals surface area contributed by atoms with Crippen LogP contribution >= 0.6 is 0 Å². The molecule has 138 valence electrons. The number of anilines is 1. The molecule has 1 N–H and O–H groups in total. The average molecular weight is 351 g/mol. The molecule has 4 nitrogen and oxygen atoms in total. The molecule has 2 aromatic rings. The lowest BCUT2D eigenvalue weighted by atomic mass is 10.1. The van der Waals surface area contributed by atoms with Gasteiger partial charge in [0, 0.05) is 37.9 Å². The summed E-state index contributed by atoms with van der Waals surface area (Å²) < 4.78 is 0. The highest BCUT2D eigenvalue weighted by Gasteiger charge is 2.22. The molecule has 1 fully saturated rings. The van der Waals surface area contributed by atoms with Crippen molar-refractivity contribution in [3.8, 4) is 0 Å². The number of piperazine rings is 1. The van der Waals surface area contributed by atoms with Crippen LogP contribution in [0.15, 0.2) is 54.6 Å². The Morgan fingerprint density at radius 2 is 1.77 bits per heavy atom. The zero-order chi connectivity index (χ0) is 18.4. The highest BCUT2D eigenvalue weighted by Crippen LogP contribution is 2.18. The third-order valence-corrected chi connectivity index (χ3v) is 5.01. The molecule has 0 saturated carbocycles. The lowest BCUT2D eigenvalue weighted by Crippen LogP contribution is -2.53. The van der Waals surface area contributed by atoms with E-state index in [1.165, 1.54) is 16.8 Å². The Bertz CT molecular complexity index is 708. The normalized spacial score (nSPS) is 15.6. The number of benzene rings is 2. The molecule has 0 radical (unpaired) electrons. The van der Waals surface area contributed by atoms with Gasteiger partial charge in [-0.15, -0.1) is 0 Å². The van der Waals surface area contributed by atoms with Crippen LogP contribution in [-0.4, -0.2) is 43.2 Å². The van der Waals surface area contributed by atoms with E-state index in [2.05, 4.69) is 72.6 Å². The molecule has 1 atom stereocenters. The molecule has 0 spiro atoms. The SMILES string of the molecule is Cc1cccc(N2CCN(C(=O)NC(C)CCc3ccccc3)CC2)c1. The maximum Gasteiger partial charge on any atom is 0.317 e. The van der Waals surface area contributed by atoms with Crippen molar-refractivity contribution in [3.05, 3.63) is 65.7 Å².